The van der Waals surface area contributed by atoms with Gasteiger partial charge >= 0.3 is 5.97 Å². The van der Waals surface area contributed by atoms with Crippen molar-refractivity contribution in [2.75, 3.05) is 13.2 Å². The summed E-state index contributed by atoms with van der Waals surface area (Å²) < 4.78 is 10.5. The maximum atomic E-state index is 10.1. The topological polar surface area (TPSA) is 55.8 Å². The molecule has 78 valence electrons. The molecule has 1 unspecified atom stereocenters. The highest BCUT2D eigenvalue weighted by Gasteiger charge is 2.05. The first kappa shape index (κ1) is 12.4. The molecule has 13 heavy (non-hydrogen) atoms. The average Bonchev–Trinajstić information content (AvgIpc) is 1.96. The highest BCUT2D eigenvalue weighted by Crippen LogP contribution is 1.97. The van der Waals surface area contributed by atoms with E-state index >= 15 is 0 Å². The Balaban J connectivity index is 3.26. The molecule has 1 N–H and O–H groups in total. The minimum Gasteiger partial charge on any atom is -0.481 e. The summed E-state index contributed by atoms with van der Waals surface area (Å²) in [4.78, 5) is 10.1. The van der Waals surface area contributed by atoms with Crippen LogP contribution < -0.4 is 0 Å². The maximum absolute atomic E-state index is 10.1. The Kier molecular flexibility index (Phi) is 6.54. The van der Waals surface area contributed by atoms with Gasteiger partial charge in [0.25, 0.3) is 0 Å². The van der Waals surface area contributed by atoms with Crippen LogP contribution in [0.3, 0.4) is 0 Å². The predicted molar refractivity (Wildman–Crippen MR) is 48.8 cm³/mol. The Morgan fingerprint density at radius 3 is 2.46 bits per heavy atom. The molecule has 1 atom stereocenters. The van der Waals surface area contributed by atoms with E-state index in [2.05, 4.69) is 0 Å². The van der Waals surface area contributed by atoms with Crippen LogP contribution in [0.25, 0.3) is 0 Å². The van der Waals surface area contributed by atoms with E-state index < -0.39 is 5.97 Å². The quantitative estimate of drug-likeness (QED) is 0.614. The molecule has 0 aliphatic heterocycles. The van der Waals surface area contributed by atoms with Crippen LogP contribution >= 0.6 is 0 Å². The molecule has 0 saturated heterocycles. The average molecular weight is 190 g/mol. The first-order chi connectivity index (χ1) is 6.02. The van der Waals surface area contributed by atoms with Crippen LogP contribution in [0.5, 0.6) is 0 Å². The van der Waals surface area contributed by atoms with Gasteiger partial charge in [0.1, 0.15) is 0 Å². The summed E-state index contributed by atoms with van der Waals surface area (Å²) in [6.07, 6.45) is 0.251. The predicted octanol–water partition coefficient (Wildman–Crippen LogP) is 1.29. The molecule has 0 saturated carbocycles. The number of hydrogen-bond donors (Lipinski definition) is 1. The summed E-state index contributed by atoms with van der Waals surface area (Å²) in [6, 6.07) is 0. The molecule has 0 aliphatic carbocycles. The van der Waals surface area contributed by atoms with Gasteiger partial charge in [-0.05, 0) is 20.8 Å². The lowest BCUT2D eigenvalue weighted by Gasteiger charge is -2.15. The SMILES string of the molecule is CC(C)OC(C)COCCC(=O)O. The van der Waals surface area contributed by atoms with Gasteiger partial charge in [-0.3, -0.25) is 4.79 Å². The second-order valence-electron chi connectivity index (χ2n) is 3.21. The summed E-state index contributed by atoms with van der Waals surface area (Å²) in [6.45, 7) is 6.51. The summed E-state index contributed by atoms with van der Waals surface area (Å²) in [5, 5.41) is 8.31. The summed E-state index contributed by atoms with van der Waals surface area (Å²) >= 11 is 0. The third kappa shape index (κ3) is 9.30. The van der Waals surface area contributed by atoms with Gasteiger partial charge in [-0.1, -0.05) is 0 Å². The number of aliphatic carboxylic acids is 1. The molecule has 4 heteroatoms. The summed E-state index contributed by atoms with van der Waals surface area (Å²) in [5.41, 5.74) is 0. The lowest BCUT2D eigenvalue weighted by molar-refractivity contribution is -0.138. The normalized spacial score (nSPS) is 13.2. The molecular formula is C9H18O4. The maximum Gasteiger partial charge on any atom is 0.305 e. The van der Waals surface area contributed by atoms with Gasteiger partial charge in [-0.25, -0.2) is 0 Å². The first-order valence-corrected chi connectivity index (χ1v) is 4.47. The van der Waals surface area contributed by atoms with Gasteiger partial charge < -0.3 is 14.6 Å². The number of rotatable bonds is 7. The Labute approximate surface area is 78.8 Å². The monoisotopic (exact) mass is 190 g/mol. The standard InChI is InChI=1S/C9H18O4/c1-7(2)13-8(3)6-12-5-4-9(10)11/h7-8H,4-6H2,1-3H3,(H,10,11). The van der Waals surface area contributed by atoms with Gasteiger partial charge in [0.2, 0.25) is 0 Å². The van der Waals surface area contributed by atoms with E-state index in [9.17, 15) is 4.79 Å². The second-order valence-corrected chi connectivity index (χ2v) is 3.21. The van der Waals surface area contributed by atoms with Crippen molar-refractivity contribution in [3.63, 3.8) is 0 Å². The van der Waals surface area contributed by atoms with Crippen molar-refractivity contribution >= 4 is 5.97 Å². The van der Waals surface area contributed by atoms with Crippen LogP contribution in [0.1, 0.15) is 27.2 Å². The van der Waals surface area contributed by atoms with Crippen molar-refractivity contribution in [2.24, 2.45) is 0 Å². The zero-order valence-electron chi connectivity index (χ0n) is 8.45. The zero-order valence-corrected chi connectivity index (χ0v) is 8.45. The number of hydrogen-bond acceptors (Lipinski definition) is 3. The fourth-order valence-electron chi connectivity index (χ4n) is 0.913. The van der Waals surface area contributed by atoms with Crippen LogP contribution in [0.2, 0.25) is 0 Å². The molecule has 0 fully saturated rings. The fourth-order valence-corrected chi connectivity index (χ4v) is 0.913. The first-order valence-electron chi connectivity index (χ1n) is 4.47. The van der Waals surface area contributed by atoms with E-state index in [1.54, 1.807) is 0 Å². The van der Waals surface area contributed by atoms with Crippen LogP contribution in [0, 0.1) is 0 Å². The van der Waals surface area contributed by atoms with Crippen molar-refractivity contribution in [1.82, 2.24) is 0 Å². The van der Waals surface area contributed by atoms with E-state index in [0.29, 0.717) is 6.61 Å². The summed E-state index contributed by atoms with van der Waals surface area (Å²) in [7, 11) is 0. The van der Waals surface area contributed by atoms with Crippen LogP contribution in [-0.2, 0) is 14.3 Å². The molecule has 0 aromatic carbocycles. The van der Waals surface area contributed by atoms with Gasteiger partial charge in [-0.15, -0.1) is 0 Å². The largest absolute Gasteiger partial charge is 0.481 e. The third-order valence-electron chi connectivity index (χ3n) is 1.32. The molecule has 4 nitrogen and oxygen atoms in total. The molecule has 0 heterocycles. The Morgan fingerprint density at radius 1 is 1.38 bits per heavy atom. The zero-order chi connectivity index (χ0) is 10.3. The number of ether oxygens (including phenoxy) is 2. The lowest BCUT2D eigenvalue weighted by atomic mass is 10.4. The van der Waals surface area contributed by atoms with E-state index in [1.165, 1.54) is 0 Å². The molecule has 0 aromatic rings. The molecular weight excluding hydrogens is 172 g/mol. The van der Waals surface area contributed by atoms with Crippen molar-refractivity contribution in [2.45, 2.75) is 39.4 Å². The van der Waals surface area contributed by atoms with Crippen LogP contribution in [0.15, 0.2) is 0 Å². The molecule has 0 aromatic heterocycles. The summed E-state index contributed by atoms with van der Waals surface area (Å²) in [5.74, 6) is -0.836. The molecule has 0 spiro atoms. The van der Waals surface area contributed by atoms with E-state index in [-0.39, 0.29) is 25.2 Å². The van der Waals surface area contributed by atoms with E-state index in [0.717, 1.165) is 0 Å². The van der Waals surface area contributed by atoms with Crippen molar-refractivity contribution in [3.8, 4) is 0 Å². The van der Waals surface area contributed by atoms with Gasteiger partial charge in [-0.2, -0.15) is 0 Å². The number of carboxylic acid groups (broad SMARTS) is 1. The fraction of sp³-hybridized carbons (Fsp3) is 0.889. The second kappa shape index (κ2) is 6.86. The Morgan fingerprint density at radius 2 is 2.00 bits per heavy atom. The molecule has 0 radical (unpaired) electrons. The lowest BCUT2D eigenvalue weighted by Crippen LogP contribution is -2.20. The van der Waals surface area contributed by atoms with E-state index in [1.807, 2.05) is 20.8 Å². The highest BCUT2D eigenvalue weighted by molar-refractivity contribution is 5.66. The minimum atomic E-state index is -0.836. The van der Waals surface area contributed by atoms with Gasteiger partial charge in [0.15, 0.2) is 0 Å². The van der Waals surface area contributed by atoms with Crippen molar-refractivity contribution in [3.05, 3.63) is 0 Å². The Bertz CT molecular complexity index is 145. The highest BCUT2D eigenvalue weighted by atomic mass is 16.5. The smallest absolute Gasteiger partial charge is 0.305 e. The van der Waals surface area contributed by atoms with Crippen LogP contribution in [0.4, 0.5) is 0 Å². The molecule has 0 bridgehead atoms. The van der Waals surface area contributed by atoms with Crippen molar-refractivity contribution < 1.29 is 19.4 Å². The molecule has 0 rings (SSSR count). The number of carbonyl (C=O) groups is 1. The van der Waals surface area contributed by atoms with Crippen LogP contribution in [-0.4, -0.2) is 36.5 Å². The minimum absolute atomic E-state index is 0.0220. The van der Waals surface area contributed by atoms with Gasteiger partial charge in [0.05, 0.1) is 31.8 Å². The van der Waals surface area contributed by atoms with E-state index in [4.69, 9.17) is 14.6 Å². The van der Waals surface area contributed by atoms with Crippen molar-refractivity contribution in [1.29, 1.82) is 0 Å². The molecule has 0 aliphatic rings. The number of carboxylic acids is 1. The Hall–Kier alpha value is -0.610. The van der Waals surface area contributed by atoms with Gasteiger partial charge in [0, 0.05) is 0 Å². The molecule has 0 amide bonds. The third-order valence-corrected chi connectivity index (χ3v) is 1.32.